The number of rotatable bonds is 5. The van der Waals surface area contributed by atoms with Gasteiger partial charge in [-0.3, -0.25) is 4.79 Å². The lowest BCUT2D eigenvalue weighted by atomic mass is 10.1. The highest BCUT2D eigenvalue weighted by Gasteiger charge is 2.13. The second kappa shape index (κ2) is 7.10. The molecule has 0 saturated carbocycles. The molecular formula is C15H16N2O3. The molecule has 1 aromatic rings. The highest BCUT2D eigenvalue weighted by Crippen LogP contribution is 2.14. The zero-order chi connectivity index (χ0) is 15.1. The summed E-state index contributed by atoms with van der Waals surface area (Å²) < 4.78 is 4.80. The summed E-state index contributed by atoms with van der Waals surface area (Å²) in [7, 11) is 0. The molecule has 1 aromatic carbocycles. The van der Waals surface area contributed by atoms with Crippen molar-refractivity contribution in [3.8, 4) is 6.07 Å². The van der Waals surface area contributed by atoms with Crippen molar-refractivity contribution in [3.05, 3.63) is 41.1 Å². The zero-order valence-electron chi connectivity index (χ0n) is 11.7. The van der Waals surface area contributed by atoms with Crippen LogP contribution in [0.1, 0.15) is 31.1 Å². The predicted octanol–water partition coefficient (Wildman–Crippen LogP) is 2.66. The van der Waals surface area contributed by atoms with Gasteiger partial charge in [-0.25, -0.2) is 4.79 Å². The number of benzene rings is 1. The van der Waals surface area contributed by atoms with E-state index >= 15 is 0 Å². The summed E-state index contributed by atoms with van der Waals surface area (Å²) in [6.45, 7) is 5.00. The summed E-state index contributed by atoms with van der Waals surface area (Å²) in [6, 6.07) is 8.59. The molecule has 5 nitrogen and oxygen atoms in total. The standard InChI is InChI=1S/C15H16N2O3/c1-4-20-15(19)14(9-16)10(2)17-13-7-5-12(6-8-13)11(3)18/h5-8,17H,4H2,1-3H3. The second-order valence-corrected chi connectivity index (χ2v) is 4.09. The van der Waals surface area contributed by atoms with Crippen LogP contribution in [0, 0.1) is 11.3 Å². The van der Waals surface area contributed by atoms with E-state index in [1.807, 2.05) is 6.07 Å². The number of allylic oxidation sites excluding steroid dienone is 1. The molecule has 1 rings (SSSR count). The molecule has 5 heteroatoms. The first-order chi connectivity index (χ1) is 9.49. The number of nitriles is 1. The van der Waals surface area contributed by atoms with Gasteiger partial charge in [0.25, 0.3) is 0 Å². The first-order valence-corrected chi connectivity index (χ1v) is 6.15. The van der Waals surface area contributed by atoms with Gasteiger partial charge < -0.3 is 10.1 Å². The Morgan fingerprint density at radius 2 is 1.85 bits per heavy atom. The van der Waals surface area contributed by atoms with Crippen LogP contribution in [0.3, 0.4) is 0 Å². The van der Waals surface area contributed by atoms with E-state index in [1.54, 1.807) is 38.1 Å². The van der Waals surface area contributed by atoms with Gasteiger partial charge in [-0.2, -0.15) is 5.26 Å². The van der Waals surface area contributed by atoms with Gasteiger partial charge in [0.1, 0.15) is 6.07 Å². The molecule has 1 N–H and O–H groups in total. The van der Waals surface area contributed by atoms with Crippen LogP contribution in [0.2, 0.25) is 0 Å². The number of Topliss-reactive ketones (excluding diaryl/α,β-unsaturated/α-hetero) is 1. The number of esters is 1. The molecule has 0 unspecified atom stereocenters. The molecular weight excluding hydrogens is 256 g/mol. The molecule has 0 amide bonds. The minimum atomic E-state index is -0.652. The van der Waals surface area contributed by atoms with Gasteiger partial charge in [0.15, 0.2) is 11.4 Å². The fourth-order valence-electron chi connectivity index (χ4n) is 1.55. The van der Waals surface area contributed by atoms with Gasteiger partial charge in [-0.1, -0.05) is 0 Å². The largest absolute Gasteiger partial charge is 0.462 e. The third-order valence-electron chi connectivity index (χ3n) is 2.59. The van der Waals surface area contributed by atoms with E-state index < -0.39 is 5.97 Å². The van der Waals surface area contributed by atoms with Crippen LogP contribution in [-0.2, 0) is 9.53 Å². The van der Waals surface area contributed by atoms with Crippen LogP contribution in [0.5, 0.6) is 0 Å². The smallest absolute Gasteiger partial charge is 0.350 e. The summed E-state index contributed by atoms with van der Waals surface area (Å²) in [5.41, 5.74) is 1.62. The number of hydrogen-bond donors (Lipinski definition) is 1. The Morgan fingerprint density at radius 3 is 2.30 bits per heavy atom. The quantitative estimate of drug-likeness (QED) is 0.386. The number of carbonyl (C=O) groups is 2. The number of hydrogen-bond acceptors (Lipinski definition) is 5. The Kier molecular flexibility index (Phi) is 5.48. The first kappa shape index (κ1) is 15.4. The Bertz CT molecular complexity index is 580. The SMILES string of the molecule is CCOC(=O)C(C#N)=C(C)Nc1ccc(C(C)=O)cc1. The Morgan fingerprint density at radius 1 is 1.25 bits per heavy atom. The van der Waals surface area contributed by atoms with Crippen molar-refractivity contribution in [1.29, 1.82) is 5.26 Å². The van der Waals surface area contributed by atoms with Crippen molar-refractivity contribution < 1.29 is 14.3 Å². The molecule has 0 aliphatic heterocycles. The van der Waals surface area contributed by atoms with Gasteiger partial charge in [-0.15, -0.1) is 0 Å². The molecule has 0 spiro atoms. The number of ether oxygens (including phenoxy) is 1. The molecule has 0 fully saturated rings. The Hall–Kier alpha value is -2.61. The van der Waals surface area contributed by atoms with Gasteiger partial charge in [-0.05, 0) is 45.0 Å². The van der Waals surface area contributed by atoms with Crippen LogP contribution in [0.4, 0.5) is 5.69 Å². The average Bonchev–Trinajstić information content (AvgIpc) is 2.40. The van der Waals surface area contributed by atoms with Crippen molar-refractivity contribution in [2.45, 2.75) is 20.8 Å². The van der Waals surface area contributed by atoms with E-state index in [9.17, 15) is 9.59 Å². The van der Waals surface area contributed by atoms with Crippen LogP contribution in [0.25, 0.3) is 0 Å². The minimum absolute atomic E-state index is 0.0203. The van der Waals surface area contributed by atoms with Crippen LogP contribution >= 0.6 is 0 Å². The van der Waals surface area contributed by atoms with Crippen molar-refractivity contribution in [2.75, 3.05) is 11.9 Å². The van der Waals surface area contributed by atoms with Crippen molar-refractivity contribution in [2.24, 2.45) is 0 Å². The first-order valence-electron chi connectivity index (χ1n) is 6.15. The summed E-state index contributed by atoms with van der Waals surface area (Å²) in [4.78, 5) is 22.7. The fraction of sp³-hybridized carbons (Fsp3) is 0.267. The summed E-state index contributed by atoms with van der Waals surface area (Å²) in [6.07, 6.45) is 0. The maximum absolute atomic E-state index is 11.6. The van der Waals surface area contributed by atoms with E-state index in [4.69, 9.17) is 10.00 Å². The van der Waals surface area contributed by atoms with Gasteiger partial charge in [0, 0.05) is 16.9 Å². The number of ketones is 1. The molecule has 0 aliphatic carbocycles. The van der Waals surface area contributed by atoms with E-state index in [1.165, 1.54) is 6.92 Å². The van der Waals surface area contributed by atoms with Crippen molar-refractivity contribution in [3.63, 3.8) is 0 Å². The van der Waals surface area contributed by atoms with Gasteiger partial charge in [0.2, 0.25) is 0 Å². The molecule has 0 radical (unpaired) electrons. The van der Waals surface area contributed by atoms with Crippen LogP contribution in [-0.4, -0.2) is 18.4 Å². The summed E-state index contributed by atoms with van der Waals surface area (Å²) in [5, 5.41) is 11.9. The van der Waals surface area contributed by atoms with Gasteiger partial charge in [0.05, 0.1) is 6.61 Å². The molecule has 0 atom stereocenters. The molecule has 0 bridgehead atoms. The van der Waals surface area contributed by atoms with E-state index in [0.717, 1.165) is 0 Å². The maximum Gasteiger partial charge on any atom is 0.350 e. The van der Waals surface area contributed by atoms with E-state index in [0.29, 0.717) is 16.9 Å². The second-order valence-electron chi connectivity index (χ2n) is 4.09. The number of carbonyl (C=O) groups excluding carboxylic acids is 2. The third kappa shape index (κ3) is 3.95. The highest BCUT2D eigenvalue weighted by molar-refractivity contribution is 5.95. The molecule has 0 saturated heterocycles. The molecule has 0 heterocycles. The lowest BCUT2D eigenvalue weighted by molar-refractivity contribution is -0.138. The molecule has 104 valence electrons. The Labute approximate surface area is 117 Å². The van der Waals surface area contributed by atoms with Crippen LogP contribution < -0.4 is 5.32 Å². The van der Waals surface area contributed by atoms with Crippen molar-refractivity contribution >= 4 is 17.4 Å². The fourth-order valence-corrected chi connectivity index (χ4v) is 1.55. The zero-order valence-corrected chi connectivity index (χ0v) is 11.7. The normalized spacial score (nSPS) is 11.1. The minimum Gasteiger partial charge on any atom is -0.462 e. The topological polar surface area (TPSA) is 79.2 Å². The highest BCUT2D eigenvalue weighted by atomic mass is 16.5. The number of nitrogens with zero attached hydrogens (tertiary/aromatic N) is 1. The lowest BCUT2D eigenvalue weighted by Gasteiger charge is -2.09. The molecule has 0 aromatic heterocycles. The number of nitrogens with one attached hydrogen (secondary N) is 1. The van der Waals surface area contributed by atoms with E-state index in [2.05, 4.69) is 5.32 Å². The Balaban J connectivity index is 2.93. The average molecular weight is 272 g/mol. The summed E-state index contributed by atoms with van der Waals surface area (Å²) >= 11 is 0. The van der Waals surface area contributed by atoms with Gasteiger partial charge >= 0.3 is 5.97 Å². The maximum atomic E-state index is 11.6. The lowest BCUT2D eigenvalue weighted by Crippen LogP contribution is -2.11. The number of anilines is 1. The summed E-state index contributed by atoms with van der Waals surface area (Å²) in [5.74, 6) is -0.673. The van der Waals surface area contributed by atoms with E-state index in [-0.39, 0.29) is 18.0 Å². The van der Waals surface area contributed by atoms with Crippen LogP contribution in [0.15, 0.2) is 35.5 Å². The predicted molar refractivity (Wildman–Crippen MR) is 75.0 cm³/mol. The third-order valence-corrected chi connectivity index (χ3v) is 2.59. The van der Waals surface area contributed by atoms with Crippen molar-refractivity contribution in [1.82, 2.24) is 0 Å². The molecule has 0 aliphatic rings. The monoisotopic (exact) mass is 272 g/mol. The molecule has 20 heavy (non-hydrogen) atoms.